The van der Waals surface area contributed by atoms with Gasteiger partial charge in [-0.15, -0.1) is 0 Å². The van der Waals surface area contributed by atoms with Crippen LogP contribution in [0.3, 0.4) is 0 Å². The first kappa shape index (κ1) is 13.7. The van der Waals surface area contributed by atoms with Gasteiger partial charge in [0.15, 0.2) is 0 Å². The molecule has 0 saturated carbocycles. The summed E-state index contributed by atoms with van der Waals surface area (Å²) in [7, 11) is 0. The van der Waals surface area contributed by atoms with E-state index >= 15 is 0 Å². The Morgan fingerprint density at radius 2 is 1.86 bits per heavy atom. The third-order valence-electron chi connectivity index (χ3n) is 3.11. The van der Waals surface area contributed by atoms with Crippen LogP contribution in [0, 0.1) is 11.8 Å². The molecule has 14 heavy (non-hydrogen) atoms. The summed E-state index contributed by atoms with van der Waals surface area (Å²) in [6.07, 6.45) is 9.12. The van der Waals surface area contributed by atoms with Gasteiger partial charge in [-0.2, -0.15) is 0 Å². The number of rotatable bonds is 7. The quantitative estimate of drug-likeness (QED) is 0.491. The highest BCUT2D eigenvalue weighted by atomic mass is 14.1. The fraction of sp³-hybridized carbons (Fsp3) is 0.857. The van der Waals surface area contributed by atoms with Gasteiger partial charge in [-0.1, -0.05) is 58.6 Å². The lowest BCUT2D eigenvalue weighted by Crippen LogP contribution is -2.04. The second kappa shape index (κ2) is 8.08. The second-order valence-electron chi connectivity index (χ2n) is 4.64. The van der Waals surface area contributed by atoms with E-state index in [2.05, 4.69) is 40.7 Å². The summed E-state index contributed by atoms with van der Waals surface area (Å²) in [4.78, 5) is 0. The highest BCUT2D eigenvalue weighted by Gasteiger charge is 2.08. The fourth-order valence-electron chi connectivity index (χ4n) is 2.09. The molecule has 0 heterocycles. The van der Waals surface area contributed by atoms with Gasteiger partial charge >= 0.3 is 0 Å². The molecule has 84 valence electrons. The molecule has 0 heteroatoms. The molecule has 0 aromatic heterocycles. The van der Waals surface area contributed by atoms with Crippen molar-refractivity contribution in [1.29, 1.82) is 0 Å². The lowest BCUT2D eigenvalue weighted by molar-refractivity contribution is 0.390. The third kappa shape index (κ3) is 6.23. The normalized spacial score (nSPS) is 16.8. The summed E-state index contributed by atoms with van der Waals surface area (Å²) in [6.45, 7) is 11.5. The predicted molar refractivity (Wildman–Crippen MR) is 66.5 cm³/mol. The summed E-state index contributed by atoms with van der Waals surface area (Å²) in [6, 6.07) is 0. The van der Waals surface area contributed by atoms with Gasteiger partial charge in [0.2, 0.25) is 0 Å². The Hall–Kier alpha value is -0.260. The summed E-state index contributed by atoms with van der Waals surface area (Å²) in [5, 5.41) is 0. The lowest BCUT2D eigenvalue weighted by Gasteiger charge is -2.17. The first-order valence-electron chi connectivity index (χ1n) is 6.31. The maximum Gasteiger partial charge on any atom is -0.0257 e. The summed E-state index contributed by atoms with van der Waals surface area (Å²) >= 11 is 0. The Morgan fingerprint density at radius 3 is 2.29 bits per heavy atom. The van der Waals surface area contributed by atoms with Crippen LogP contribution >= 0.6 is 0 Å². The second-order valence-corrected chi connectivity index (χ2v) is 4.64. The van der Waals surface area contributed by atoms with E-state index in [9.17, 15) is 0 Å². The molecule has 2 atom stereocenters. The average Bonchev–Trinajstić information content (AvgIpc) is 2.16. The van der Waals surface area contributed by atoms with E-state index in [1.54, 1.807) is 5.57 Å². The highest BCUT2D eigenvalue weighted by Crippen LogP contribution is 2.22. The maximum atomic E-state index is 2.46. The van der Waals surface area contributed by atoms with Crippen molar-refractivity contribution >= 4 is 0 Å². The van der Waals surface area contributed by atoms with Crippen molar-refractivity contribution in [3.05, 3.63) is 11.6 Å². The average molecular weight is 196 g/mol. The molecule has 0 saturated heterocycles. The Kier molecular flexibility index (Phi) is 7.93. The van der Waals surface area contributed by atoms with E-state index in [-0.39, 0.29) is 0 Å². The first-order valence-corrected chi connectivity index (χ1v) is 6.31. The number of hydrogen-bond acceptors (Lipinski definition) is 0. The van der Waals surface area contributed by atoms with E-state index in [0.717, 1.165) is 11.8 Å². The highest BCUT2D eigenvalue weighted by molar-refractivity contribution is 4.99. The van der Waals surface area contributed by atoms with Crippen LogP contribution in [0.4, 0.5) is 0 Å². The molecular weight excluding hydrogens is 168 g/mol. The largest absolute Gasteiger partial charge is 0.0828 e. The topological polar surface area (TPSA) is 0 Å². The van der Waals surface area contributed by atoms with Crippen molar-refractivity contribution in [2.75, 3.05) is 0 Å². The monoisotopic (exact) mass is 196 g/mol. The van der Waals surface area contributed by atoms with Crippen LogP contribution in [-0.2, 0) is 0 Å². The minimum absolute atomic E-state index is 0.770. The van der Waals surface area contributed by atoms with Crippen LogP contribution in [0.25, 0.3) is 0 Å². The molecule has 0 aliphatic carbocycles. The Bertz CT molecular complexity index is 155. The van der Waals surface area contributed by atoms with Crippen molar-refractivity contribution in [1.82, 2.24) is 0 Å². The van der Waals surface area contributed by atoms with Crippen LogP contribution < -0.4 is 0 Å². The van der Waals surface area contributed by atoms with Crippen LogP contribution in [0.5, 0.6) is 0 Å². The molecule has 0 aliphatic heterocycles. The van der Waals surface area contributed by atoms with Crippen molar-refractivity contribution in [3.63, 3.8) is 0 Å². The minimum Gasteiger partial charge on any atom is -0.0828 e. The van der Waals surface area contributed by atoms with Crippen LogP contribution in [0.15, 0.2) is 11.6 Å². The molecule has 0 spiro atoms. The standard InChI is InChI=1S/C14H28/c1-6-9-14(8-3)11-13(5)10-12(4)7-2/h10,13-14H,6-9,11H2,1-5H3. The third-order valence-corrected chi connectivity index (χ3v) is 3.11. The molecule has 0 aliphatic rings. The van der Waals surface area contributed by atoms with Gasteiger partial charge in [-0.3, -0.25) is 0 Å². The molecular formula is C14H28. The van der Waals surface area contributed by atoms with Gasteiger partial charge < -0.3 is 0 Å². The van der Waals surface area contributed by atoms with Gasteiger partial charge in [-0.25, -0.2) is 0 Å². The van der Waals surface area contributed by atoms with Crippen LogP contribution in [0.2, 0.25) is 0 Å². The molecule has 0 N–H and O–H groups in total. The van der Waals surface area contributed by atoms with Crippen molar-refractivity contribution in [2.45, 2.75) is 66.7 Å². The van der Waals surface area contributed by atoms with E-state index in [1.165, 1.54) is 32.1 Å². The van der Waals surface area contributed by atoms with E-state index in [4.69, 9.17) is 0 Å². The zero-order chi connectivity index (χ0) is 11.0. The van der Waals surface area contributed by atoms with E-state index < -0.39 is 0 Å². The van der Waals surface area contributed by atoms with Gasteiger partial charge in [0.05, 0.1) is 0 Å². The van der Waals surface area contributed by atoms with Crippen molar-refractivity contribution < 1.29 is 0 Å². The zero-order valence-electron chi connectivity index (χ0n) is 10.8. The molecule has 0 rings (SSSR count). The Morgan fingerprint density at radius 1 is 1.21 bits per heavy atom. The van der Waals surface area contributed by atoms with Crippen molar-refractivity contribution in [2.24, 2.45) is 11.8 Å². The number of hydrogen-bond donors (Lipinski definition) is 0. The minimum atomic E-state index is 0.770. The van der Waals surface area contributed by atoms with Crippen molar-refractivity contribution in [3.8, 4) is 0 Å². The molecule has 0 fully saturated rings. The zero-order valence-corrected chi connectivity index (χ0v) is 10.8. The van der Waals surface area contributed by atoms with E-state index in [0.29, 0.717) is 0 Å². The van der Waals surface area contributed by atoms with Gasteiger partial charge in [-0.05, 0) is 31.6 Å². The lowest BCUT2D eigenvalue weighted by atomic mass is 9.89. The van der Waals surface area contributed by atoms with Gasteiger partial charge in [0, 0.05) is 0 Å². The molecule has 0 aromatic rings. The fourth-order valence-corrected chi connectivity index (χ4v) is 2.09. The van der Waals surface area contributed by atoms with Gasteiger partial charge in [0.25, 0.3) is 0 Å². The number of allylic oxidation sites excluding steroid dienone is 2. The molecule has 0 amide bonds. The Balaban J connectivity index is 3.95. The molecule has 2 unspecified atom stereocenters. The summed E-state index contributed by atoms with van der Waals surface area (Å²) < 4.78 is 0. The molecule has 0 aromatic carbocycles. The molecule has 0 radical (unpaired) electrons. The summed E-state index contributed by atoms with van der Waals surface area (Å²) in [5.41, 5.74) is 1.55. The van der Waals surface area contributed by atoms with Crippen LogP contribution in [0.1, 0.15) is 66.7 Å². The first-order chi connectivity index (χ1) is 6.63. The van der Waals surface area contributed by atoms with E-state index in [1.807, 2.05) is 0 Å². The summed E-state index contributed by atoms with van der Waals surface area (Å²) in [5.74, 6) is 1.71. The van der Waals surface area contributed by atoms with Gasteiger partial charge in [0.1, 0.15) is 0 Å². The molecule has 0 bridgehead atoms. The SMILES string of the molecule is CCCC(CC)CC(C)C=C(C)CC. The molecule has 0 nitrogen and oxygen atoms in total. The predicted octanol–water partition coefficient (Wildman–Crippen LogP) is 5.20. The smallest absolute Gasteiger partial charge is 0.0257 e. The Labute approximate surface area is 90.8 Å². The maximum absolute atomic E-state index is 2.46. The van der Waals surface area contributed by atoms with Crippen LogP contribution in [-0.4, -0.2) is 0 Å².